The smallest absolute Gasteiger partial charge is 0.245 e. The highest BCUT2D eigenvalue weighted by Crippen LogP contribution is 2.25. The molecule has 0 radical (unpaired) electrons. The molecular weight excluding hydrogens is 1510 g/mol. The number of rotatable bonds is 58. The molecule has 33 nitrogen and oxygen atoms in total. The van der Waals surface area contributed by atoms with Crippen LogP contribution in [0.4, 0.5) is 0 Å². The maximum absolute atomic E-state index is 15.4. The van der Waals surface area contributed by atoms with Gasteiger partial charge in [-0.05, 0) is 202 Å². The van der Waals surface area contributed by atoms with Gasteiger partial charge in [0.15, 0.2) is 0 Å². The normalized spacial score (nSPS) is 16.6. The Morgan fingerprint density at radius 1 is 0.407 bits per heavy atom. The van der Waals surface area contributed by atoms with Crippen LogP contribution in [0.5, 0.6) is 0 Å². The quantitative estimate of drug-likeness (QED) is 0.0359. The topological polar surface area (TPSA) is 555 Å². The van der Waals surface area contributed by atoms with Crippen LogP contribution in [-0.2, 0) is 75.2 Å². The average Bonchev–Trinajstić information content (AvgIpc) is 1.61. The maximum atomic E-state index is 15.4. The van der Waals surface area contributed by atoms with Crippen molar-refractivity contribution in [3.05, 3.63) is 71.9 Å². The fourth-order valence-electron chi connectivity index (χ4n) is 14.4. The van der Waals surface area contributed by atoms with Crippen LogP contribution in [-0.4, -0.2) is 204 Å². The molecule has 1 saturated heterocycles. The molecule has 0 saturated carbocycles. The largest absolute Gasteiger partial charge is 0.368 e. The van der Waals surface area contributed by atoms with E-state index in [0.29, 0.717) is 102 Å². The van der Waals surface area contributed by atoms with E-state index in [1.54, 1.807) is 44.3 Å². The molecule has 1 fully saturated rings. The van der Waals surface area contributed by atoms with Gasteiger partial charge >= 0.3 is 0 Å². The summed E-state index contributed by atoms with van der Waals surface area (Å²) >= 11 is 0. The van der Waals surface area contributed by atoms with Crippen LogP contribution < -0.4 is 98.6 Å². The third-order valence-electron chi connectivity index (χ3n) is 22.2. The van der Waals surface area contributed by atoms with Gasteiger partial charge < -0.3 is 109 Å². The van der Waals surface area contributed by atoms with Gasteiger partial charge in [0.1, 0.15) is 72.5 Å². The lowest BCUT2D eigenvalue weighted by Gasteiger charge is -2.32. The summed E-state index contributed by atoms with van der Waals surface area (Å²) in [6, 6.07) is 0.830. The summed E-state index contributed by atoms with van der Waals surface area (Å²) in [5, 5.41) is 32.2. The molecule has 2 aromatic carbocycles. The summed E-state index contributed by atoms with van der Waals surface area (Å²) in [5.74, 6) is -10.4. The number of carbonyl (C=O) groups is 13. The fourth-order valence-corrected chi connectivity index (χ4v) is 14.4. The second-order valence-corrected chi connectivity index (χ2v) is 32.7. The molecule has 118 heavy (non-hydrogen) atoms. The van der Waals surface area contributed by atoms with Crippen molar-refractivity contribution < 1.29 is 62.3 Å². The van der Waals surface area contributed by atoms with E-state index in [0.717, 1.165) is 16.5 Å². The summed E-state index contributed by atoms with van der Waals surface area (Å²) in [6.07, 6.45) is 8.75. The zero-order chi connectivity index (χ0) is 87.6. The molecule has 1 aromatic heterocycles. The minimum atomic E-state index is -1.41. The number of nitrogens with zero attached hydrogens (tertiary/aromatic N) is 1. The van der Waals surface area contributed by atoms with Crippen LogP contribution in [0.15, 0.2) is 60.8 Å². The molecule has 2 heterocycles. The van der Waals surface area contributed by atoms with Gasteiger partial charge in [-0.2, -0.15) is 0 Å². The number of amides is 13. The van der Waals surface area contributed by atoms with Crippen molar-refractivity contribution in [1.29, 1.82) is 0 Å². The Hall–Kier alpha value is -9.15. The summed E-state index contributed by atoms with van der Waals surface area (Å²) in [7, 11) is 0. The third-order valence-corrected chi connectivity index (χ3v) is 22.2. The minimum Gasteiger partial charge on any atom is -0.368 e. The van der Waals surface area contributed by atoms with Crippen molar-refractivity contribution in [2.45, 2.75) is 302 Å². The van der Waals surface area contributed by atoms with E-state index in [1.165, 1.54) is 4.90 Å². The van der Waals surface area contributed by atoms with Crippen molar-refractivity contribution in [3.63, 3.8) is 0 Å². The number of likely N-dealkylation sites (tertiary alicyclic amines) is 1. The van der Waals surface area contributed by atoms with Crippen LogP contribution in [0, 0.1) is 29.6 Å². The number of aromatic nitrogens is 1. The van der Waals surface area contributed by atoms with Gasteiger partial charge in [-0.25, -0.2) is 0 Å². The number of hydrogen-bond acceptors (Lipinski definition) is 19. The summed E-state index contributed by atoms with van der Waals surface area (Å²) in [4.78, 5) is 193. The molecule has 0 spiro atoms. The van der Waals surface area contributed by atoms with Gasteiger partial charge in [0.05, 0.1) is 6.04 Å². The lowest BCUT2D eigenvalue weighted by molar-refractivity contribution is -0.143. The van der Waals surface area contributed by atoms with Crippen LogP contribution in [0.25, 0.3) is 10.9 Å². The highest BCUT2D eigenvalue weighted by Gasteiger charge is 2.43. The SMILES string of the molecule is CC[C@H](C)[C@H](N)C(=O)N[C@@H](CC(C)C)C(=O)N[C@@H](CCCCN)C(=O)N[C@@H](CCCCN)C(=O)N[C@H](C(=O)N[C@@H](Cc1c[nH]c2ccccc12)C(=O)N[C@@H](CCCCN)C(=O)N1CCC[C@H]1C(=O)N[C@H](C(=O)N[C@@H](CCCCN)C(=O)N[C@@H](CCCCN)C(=O)N[C@@H](CC(C)C)C(=O)N[C@@H](Cc1ccccc1)C(N)=O)[C@@H](C)CC)[C@@H](C)CC. The zero-order valence-electron chi connectivity index (χ0n) is 71.7. The maximum Gasteiger partial charge on any atom is 0.245 e. The van der Waals surface area contributed by atoms with E-state index in [2.05, 4.69) is 63.5 Å². The first-order valence-electron chi connectivity index (χ1n) is 43.1. The van der Waals surface area contributed by atoms with Crippen LogP contribution in [0.2, 0.25) is 0 Å². The summed E-state index contributed by atoms with van der Waals surface area (Å²) in [5.41, 5.74) is 43.8. The van der Waals surface area contributed by atoms with Crippen LogP contribution >= 0.6 is 0 Å². The molecule has 0 unspecified atom stereocenters. The Kier molecular flexibility index (Phi) is 46.4. The Balaban J connectivity index is 1.66. The number of para-hydroxylation sites is 1. The van der Waals surface area contributed by atoms with E-state index in [9.17, 15) is 47.9 Å². The first-order chi connectivity index (χ1) is 56.3. The van der Waals surface area contributed by atoms with Gasteiger partial charge in [-0.1, -0.05) is 137 Å². The number of unbranched alkanes of at least 4 members (excludes halogenated alkanes) is 5. The molecule has 4 rings (SSSR count). The monoisotopic (exact) mass is 1650 g/mol. The summed E-state index contributed by atoms with van der Waals surface area (Å²) in [6.45, 7) is 19.9. The number of benzene rings is 2. The van der Waals surface area contributed by atoms with Gasteiger partial charge in [-0.15, -0.1) is 0 Å². The van der Waals surface area contributed by atoms with E-state index in [-0.39, 0.29) is 115 Å². The Bertz CT molecular complexity index is 3640. The van der Waals surface area contributed by atoms with Gasteiger partial charge in [0, 0.05) is 36.5 Å². The number of hydrogen-bond donors (Lipinski definition) is 19. The fraction of sp³-hybridized carbons (Fsp3) is 0.682. The molecule has 13 amide bonds. The molecule has 0 aliphatic carbocycles. The number of nitrogens with two attached hydrogens (primary N) is 7. The molecule has 26 N–H and O–H groups in total. The van der Waals surface area contributed by atoms with Crippen molar-refractivity contribution in [2.75, 3.05) is 39.3 Å². The van der Waals surface area contributed by atoms with Gasteiger partial charge in [0.2, 0.25) is 76.8 Å². The van der Waals surface area contributed by atoms with E-state index in [4.69, 9.17) is 40.1 Å². The second kappa shape index (κ2) is 54.1. The molecule has 16 atom stereocenters. The van der Waals surface area contributed by atoms with Gasteiger partial charge in [0.25, 0.3) is 0 Å². The van der Waals surface area contributed by atoms with Crippen LogP contribution in [0.3, 0.4) is 0 Å². The number of carbonyl (C=O) groups excluding carboxylic acids is 13. The van der Waals surface area contributed by atoms with Crippen LogP contribution in [0.1, 0.15) is 222 Å². The van der Waals surface area contributed by atoms with Gasteiger partial charge in [-0.3, -0.25) is 62.3 Å². The number of aromatic amines is 1. The molecule has 1 aliphatic rings. The Morgan fingerprint density at radius 3 is 1.21 bits per heavy atom. The highest BCUT2D eigenvalue weighted by molar-refractivity contribution is 6.00. The van der Waals surface area contributed by atoms with E-state index in [1.807, 2.05) is 85.7 Å². The predicted molar refractivity (Wildman–Crippen MR) is 457 cm³/mol. The lowest BCUT2D eigenvalue weighted by Crippen LogP contribution is -2.62. The van der Waals surface area contributed by atoms with E-state index >= 15 is 14.4 Å². The molecule has 662 valence electrons. The Labute approximate surface area is 698 Å². The number of primary amides is 1. The third kappa shape index (κ3) is 33.9. The van der Waals surface area contributed by atoms with Crippen molar-refractivity contribution in [2.24, 2.45) is 69.7 Å². The highest BCUT2D eigenvalue weighted by atomic mass is 16.2. The summed E-state index contributed by atoms with van der Waals surface area (Å²) < 4.78 is 0. The molecule has 3 aromatic rings. The predicted octanol–water partition coefficient (Wildman–Crippen LogP) is 1.97. The van der Waals surface area contributed by atoms with E-state index < -0.39 is 167 Å². The zero-order valence-corrected chi connectivity index (χ0v) is 71.7. The number of fused-ring (bicyclic) bond motifs is 1. The Morgan fingerprint density at radius 2 is 0.771 bits per heavy atom. The standard InChI is InChI=1S/C85H144N20O13/c1-11-53(8)70(91)82(115)101-67(47-52(6)7)78(111)96-60(34-19-24-40-86)74(107)95-63(37-22-27-43-89)77(110)103-71(54(9)12-2)84(117)102-68(49-57-50-93-59-33-18-17-32-58(57)59)80(113)98-64(38-23-28-44-90)85(118)105-45-29-39-69(105)81(114)104-72(55(10)13-3)83(116)97-62(36-21-26-42-88)75(108)94-61(35-20-25-41-87)76(109)100-66(46-51(4)5)79(112)99-65(73(92)106)48-56-30-15-14-16-31-56/h14-18,30-33,50-55,60-72,93H,11-13,19-29,34-49,86-91H2,1-10H3,(H2,92,106)(H,94,108)(H,95,107)(H,96,111)(H,97,116)(H,98,113)(H,99,112)(H,100,109)(H,101,115)(H,102,117)(H,103,110)(H,104,114)/t53-,54-,55-,60-,61-,62-,63-,64-,65-,66-,67-,68-,69-,70-,71-,72-/m0/s1. The van der Waals surface area contributed by atoms with Crippen molar-refractivity contribution >= 4 is 87.7 Å². The van der Waals surface area contributed by atoms with Crippen molar-refractivity contribution in [3.8, 4) is 0 Å². The first-order valence-corrected chi connectivity index (χ1v) is 43.1. The molecular formula is C85H144N20O13. The average molecular weight is 1650 g/mol. The first kappa shape index (κ1) is 101. The lowest BCUT2D eigenvalue weighted by atomic mass is 9.96. The number of H-pyrrole nitrogens is 1. The second-order valence-electron chi connectivity index (χ2n) is 32.7. The molecule has 33 heteroatoms. The minimum absolute atomic E-state index is 0.0520. The number of nitrogens with one attached hydrogen (secondary N) is 12. The molecule has 1 aliphatic heterocycles. The van der Waals surface area contributed by atoms with Crippen molar-refractivity contribution in [1.82, 2.24) is 68.4 Å². The molecule has 0 bridgehead atoms.